The Balaban J connectivity index is 2.18. The first-order valence-corrected chi connectivity index (χ1v) is 6.62. The summed E-state index contributed by atoms with van der Waals surface area (Å²) in [5.74, 6) is 1.77. The highest BCUT2D eigenvalue weighted by molar-refractivity contribution is 5.99. The van der Waals surface area contributed by atoms with E-state index >= 15 is 0 Å². The van der Waals surface area contributed by atoms with Crippen LogP contribution in [0.2, 0.25) is 0 Å². The number of amidine groups is 1. The van der Waals surface area contributed by atoms with E-state index in [-0.39, 0.29) is 5.84 Å². The van der Waals surface area contributed by atoms with Gasteiger partial charge in [0.25, 0.3) is 0 Å². The van der Waals surface area contributed by atoms with Crippen LogP contribution in [0.1, 0.15) is 38.2 Å². The first-order valence-electron chi connectivity index (χ1n) is 6.62. The lowest BCUT2D eigenvalue weighted by Crippen LogP contribution is -2.36. The van der Waals surface area contributed by atoms with E-state index < -0.39 is 0 Å². The molecule has 0 aliphatic heterocycles. The van der Waals surface area contributed by atoms with Crippen LogP contribution in [0.15, 0.2) is 18.3 Å². The number of anilines is 1. The molecule has 0 atom stereocenters. The Bertz CT molecular complexity index is 422. The van der Waals surface area contributed by atoms with Crippen LogP contribution in [0, 0.1) is 11.3 Å². The van der Waals surface area contributed by atoms with Gasteiger partial charge in [-0.25, -0.2) is 4.98 Å². The number of pyridine rings is 1. The second kappa shape index (κ2) is 5.38. The van der Waals surface area contributed by atoms with Crippen molar-refractivity contribution in [1.29, 1.82) is 5.41 Å². The van der Waals surface area contributed by atoms with E-state index in [1.54, 1.807) is 6.20 Å². The number of nitrogen functional groups attached to an aromatic ring is 1. The van der Waals surface area contributed by atoms with Crippen LogP contribution in [-0.4, -0.2) is 23.9 Å². The molecule has 0 amide bonds. The van der Waals surface area contributed by atoms with Crippen molar-refractivity contribution in [2.24, 2.45) is 11.7 Å². The van der Waals surface area contributed by atoms with Crippen molar-refractivity contribution < 1.29 is 0 Å². The molecule has 4 nitrogen and oxygen atoms in total. The van der Waals surface area contributed by atoms with Crippen LogP contribution in [0.4, 0.5) is 5.82 Å². The minimum Gasteiger partial charge on any atom is -0.384 e. The van der Waals surface area contributed by atoms with Crippen molar-refractivity contribution in [3.63, 3.8) is 0 Å². The molecule has 1 saturated carbocycles. The standard InChI is InChI=1S/C14H22N4/c1-10-5-7-11(8-6-10)18(2)14-12(13(15)16)4-3-9-17-14/h3-4,9-11H,5-8H2,1-2H3,(H3,15,16). The third-order valence-corrected chi connectivity index (χ3v) is 3.94. The number of nitrogens with two attached hydrogens (primary N) is 1. The quantitative estimate of drug-likeness (QED) is 0.635. The van der Waals surface area contributed by atoms with Gasteiger partial charge in [-0.3, -0.25) is 5.41 Å². The van der Waals surface area contributed by atoms with E-state index in [0.717, 1.165) is 17.3 Å². The molecule has 3 N–H and O–H groups in total. The second-order valence-corrected chi connectivity index (χ2v) is 5.31. The molecular weight excluding hydrogens is 224 g/mol. The summed E-state index contributed by atoms with van der Waals surface area (Å²) in [4.78, 5) is 6.60. The highest BCUT2D eigenvalue weighted by Gasteiger charge is 2.24. The lowest BCUT2D eigenvalue weighted by molar-refractivity contribution is 0.340. The Morgan fingerprint density at radius 3 is 2.67 bits per heavy atom. The van der Waals surface area contributed by atoms with Gasteiger partial charge < -0.3 is 10.6 Å². The second-order valence-electron chi connectivity index (χ2n) is 5.31. The topological polar surface area (TPSA) is 66.0 Å². The first-order chi connectivity index (χ1) is 8.59. The van der Waals surface area contributed by atoms with Crippen LogP contribution in [-0.2, 0) is 0 Å². The van der Waals surface area contributed by atoms with E-state index in [1.807, 2.05) is 12.1 Å². The minimum absolute atomic E-state index is 0.0918. The zero-order chi connectivity index (χ0) is 13.1. The van der Waals surface area contributed by atoms with Gasteiger partial charge >= 0.3 is 0 Å². The highest BCUT2D eigenvalue weighted by Crippen LogP contribution is 2.29. The molecule has 0 radical (unpaired) electrons. The lowest BCUT2D eigenvalue weighted by atomic mass is 9.86. The van der Waals surface area contributed by atoms with E-state index in [9.17, 15) is 0 Å². The van der Waals surface area contributed by atoms with E-state index in [1.165, 1.54) is 25.7 Å². The average Bonchev–Trinajstić information content (AvgIpc) is 2.39. The van der Waals surface area contributed by atoms with Gasteiger partial charge in [0.05, 0.1) is 5.56 Å². The molecule has 1 aromatic heterocycles. The molecule has 1 aliphatic carbocycles. The summed E-state index contributed by atoms with van der Waals surface area (Å²) >= 11 is 0. The summed E-state index contributed by atoms with van der Waals surface area (Å²) in [6.45, 7) is 2.32. The Hall–Kier alpha value is -1.58. The molecule has 0 saturated heterocycles. The van der Waals surface area contributed by atoms with Gasteiger partial charge in [0.2, 0.25) is 0 Å². The molecule has 0 aromatic carbocycles. The molecule has 4 heteroatoms. The Kier molecular flexibility index (Phi) is 3.84. The van der Waals surface area contributed by atoms with Crippen molar-refractivity contribution in [3.8, 4) is 0 Å². The zero-order valence-electron chi connectivity index (χ0n) is 11.2. The van der Waals surface area contributed by atoms with Crippen molar-refractivity contribution in [2.45, 2.75) is 38.6 Å². The number of hydrogen-bond acceptors (Lipinski definition) is 3. The van der Waals surface area contributed by atoms with Gasteiger partial charge in [-0.15, -0.1) is 0 Å². The Labute approximate surface area is 109 Å². The molecular formula is C14H22N4. The van der Waals surface area contributed by atoms with Gasteiger partial charge in [0.1, 0.15) is 11.7 Å². The van der Waals surface area contributed by atoms with Crippen molar-refractivity contribution in [2.75, 3.05) is 11.9 Å². The van der Waals surface area contributed by atoms with Gasteiger partial charge in [0, 0.05) is 19.3 Å². The third-order valence-electron chi connectivity index (χ3n) is 3.94. The molecule has 18 heavy (non-hydrogen) atoms. The van der Waals surface area contributed by atoms with Crippen molar-refractivity contribution in [3.05, 3.63) is 23.9 Å². The number of nitrogens with one attached hydrogen (secondary N) is 1. The maximum Gasteiger partial charge on any atom is 0.139 e. The summed E-state index contributed by atoms with van der Waals surface area (Å²) in [7, 11) is 2.06. The smallest absolute Gasteiger partial charge is 0.139 e. The van der Waals surface area contributed by atoms with Gasteiger partial charge in [-0.2, -0.15) is 0 Å². The Morgan fingerprint density at radius 1 is 1.39 bits per heavy atom. The van der Waals surface area contributed by atoms with Crippen molar-refractivity contribution >= 4 is 11.7 Å². The monoisotopic (exact) mass is 246 g/mol. The number of rotatable bonds is 3. The molecule has 1 heterocycles. The van der Waals surface area contributed by atoms with Crippen LogP contribution >= 0.6 is 0 Å². The lowest BCUT2D eigenvalue weighted by Gasteiger charge is -2.35. The highest BCUT2D eigenvalue weighted by atomic mass is 15.2. The molecule has 1 aromatic rings. The van der Waals surface area contributed by atoms with Crippen LogP contribution in [0.3, 0.4) is 0 Å². The maximum absolute atomic E-state index is 7.63. The zero-order valence-corrected chi connectivity index (χ0v) is 11.2. The first kappa shape index (κ1) is 12.9. The molecule has 1 fully saturated rings. The molecule has 0 spiro atoms. The van der Waals surface area contributed by atoms with Gasteiger partial charge in [-0.1, -0.05) is 6.92 Å². The number of aromatic nitrogens is 1. The van der Waals surface area contributed by atoms with Crippen LogP contribution in [0.25, 0.3) is 0 Å². The largest absolute Gasteiger partial charge is 0.384 e. The van der Waals surface area contributed by atoms with Crippen molar-refractivity contribution in [1.82, 2.24) is 4.98 Å². The predicted octanol–water partition coefficient (Wildman–Crippen LogP) is 2.38. The SMILES string of the molecule is CC1CCC(N(C)c2ncccc2C(=N)N)CC1. The normalized spacial score (nSPS) is 23.7. The number of hydrogen-bond donors (Lipinski definition) is 2. The molecule has 1 aliphatic rings. The summed E-state index contributed by atoms with van der Waals surface area (Å²) in [5.41, 5.74) is 6.36. The van der Waals surface area contributed by atoms with Gasteiger partial charge in [0.15, 0.2) is 0 Å². The third kappa shape index (κ3) is 2.63. The molecule has 98 valence electrons. The fraction of sp³-hybridized carbons (Fsp3) is 0.571. The van der Waals surface area contributed by atoms with E-state index in [4.69, 9.17) is 11.1 Å². The fourth-order valence-electron chi connectivity index (χ4n) is 2.69. The average molecular weight is 246 g/mol. The van der Waals surface area contributed by atoms with E-state index in [0.29, 0.717) is 6.04 Å². The summed E-state index contributed by atoms with van der Waals surface area (Å²) in [5, 5.41) is 7.63. The van der Waals surface area contributed by atoms with E-state index in [2.05, 4.69) is 23.9 Å². The summed E-state index contributed by atoms with van der Waals surface area (Å²) < 4.78 is 0. The fourth-order valence-corrected chi connectivity index (χ4v) is 2.69. The molecule has 0 unspecified atom stereocenters. The molecule has 2 rings (SSSR count). The van der Waals surface area contributed by atoms with Crippen LogP contribution in [0.5, 0.6) is 0 Å². The molecule has 0 bridgehead atoms. The Morgan fingerprint density at radius 2 is 2.06 bits per heavy atom. The van der Waals surface area contributed by atoms with Crippen LogP contribution < -0.4 is 10.6 Å². The number of nitrogens with zero attached hydrogens (tertiary/aromatic N) is 2. The van der Waals surface area contributed by atoms with Gasteiger partial charge in [-0.05, 0) is 43.7 Å². The minimum atomic E-state index is 0.0918. The predicted molar refractivity (Wildman–Crippen MR) is 75.1 cm³/mol. The summed E-state index contributed by atoms with van der Waals surface area (Å²) in [6, 6.07) is 4.22. The maximum atomic E-state index is 7.63. The summed E-state index contributed by atoms with van der Waals surface area (Å²) in [6.07, 6.45) is 6.72.